The van der Waals surface area contributed by atoms with Gasteiger partial charge in [-0.05, 0) is 52.3 Å². The van der Waals surface area contributed by atoms with Crippen LogP contribution < -0.4 is 0 Å². The first kappa shape index (κ1) is 10.3. The van der Waals surface area contributed by atoms with Crippen LogP contribution in [0.5, 0.6) is 5.75 Å². The topological polar surface area (TPSA) is 50.4 Å². The molecule has 2 aromatic heterocycles. The highest BCUT2D eigenvalue weighted by atomic mass is 79.9. The standard InChI is InChI=1S/C12H8BrN3O/c13-10-2-1-3-11-14-12(15-16(10)11)8-4-6-9(17)7-5-8/h1-7,17H. The van der Waals surface area contributed by atoms with Gasteiger partial charge in [-0.2, -0.15) is 0 Å². The fourth-order valence-electron chi connectivity index (χ4n) is 1.61. The third-order valence-corrected chi connectivity index (χ3v) is 3.04. The maximum absolute atomic E-state index is 9.23. The van der Waals surface area contributed by atoms with E-state index >= 15 is 0 Å². The van der Waals surface area contributed by atoms with E-state index in [1.54, 1.807) is 28.8 Å². The van der Waals surface area contributed by atoms with Crippen molar-refractivity contribution >= 4 is 21.6 Å². The Hall–Kier alpha value is -1.88. The molecule has 0 saturated carbocycles. The Morgan fingerprint density at radius 2 is 1.82 bits per heavy atom. The summed E-state index contributed by atoms with van der Waals surface area (Å²) in [6.45, 7) is 0. The second-order valence-electron chi connectivity index (χ2n) is 3.60. The van der Waals surface area contributed by atoms with Crippen molar-refractivity contribution in [2.45, 2.75) is 0 Å². The van der Waals surface area contributed by atoms with Crippen LogP contribution in [0.2, 0.25) is 0 Å². The van der Waals surface area contributed by atoms with Gasteiger partial charge in [-0.3, -0.25) is 0 Å². The van der Waals surface area contributed by atoms with Gasteiger partial charge >= 0.3 is 0 Å². The van der Waals surface area contributed by atoms with Gasteiger partial charge in [-0.1, -0.05) is 6.07 Å². The monoisotopic (exact) mass is 289 g/mol. The van der Waals surface area contributed by atoms with E-state index in [9.17, 15) is 5.11 Å². The summed E-state index contributed by atoms with van der Waals surface area (Å²) >= 11 is 3.41. The quantitative estimate of drug-likeness (QED) is 0.701. The summed E-state index contributed by atoms with van der Waals surface area (Å²) in [6, 6.07) is 12.5. The fraction of sp³-hybridized carbons (Fsp3) is 0. The lowest BCUT2D eigenvalue weighted by Gasteiger charge is -1.94. The summed E-state index contributed by atoms with van der Waals surface area (Å²) in [6.07, 6.45) is 0. The van der Waals surface area contributed by atoms with Crippen molar-refractivity contribution in [3.63, 3.8) is 0 Å². The molecule has 0 aliphatic carbocycles. The second-order valence-corrected chi connectivity index (χ2v) is 4.41. The lowest BCUT2D eigenvalue weighted by molar-refractivity contribution is 0.475. The number of hydrogen-bond acceptors (Lipinski definition) is 3. The lowest BCUT2D eigenvalue weighted by atomic mass is 10.2. The van der Waals surface area contributed by atoms with Crippen molar-refractivity contribution in [3.05, 3.63) is 47.1 Å². The molecular formula is C12H8BrN3O. The SMILES string of the molecule is Oc1ccc(-c2nc3cccc(Br)n3n2)cc1. The minimum atomic E-state index is 0.235. The number of rotatable bonds is 1. The van der Waals surface area contributed by atoms with E-state index in [4.69, 9.17) is 0 Å². The first-order chi connectivity index (χ1) is 8.24. The number of phenolic OH excluding ortho intramolecular Hbond substituents is 1. The molecule has 0 radical (unpaired) electrons. The number of hydrogen-bond donors (Lipinski definition) is 1. The van der Waals surface area contributed by atoms with Gasteiger partial charge in [0.25, 0.3) is 0 Å². The average molecular weight is 290 g/mol. The maximum atomic E-state index is 9.23. The number of phenols is 1. The van der Waals surface area contributed by atoms with E-state index < -0.39 is 0 Å². The van der Waals surface area contributed by atoms with Crippen molar-refractivity contribution in [1.82, 2.24) is 14.6 Å². The Morgan fingerprint density at radius 1 is 1.06 bits per heavy atom. The molecule has 3 aromatic rings. The number of benzene rings is 1. The molecule has 84 valence electrons. The molecule has 1 aromatic carbocycles. The number of halogens is 1. The largest absolute Gasteiger partial charge is 0.508 e. The average Bonchev–Trinajstić information content (AvgIpc) is 2.75. The van der Waals surface area contributed by atoms with Crippen LogP contribution in [0, 0.1) is 0 Å². The van der Waals surface area contributed by atoms with Gasteiger partial charge in [-0.25, -0.2) is 9.50 Å². The Labute approximate surface area is 106 Å². The van der Waals surface area contributed by atoms with E-state index in [0.29, 0.717) is 5.82 Å². The van der Waals surface area contributed by atoms with Crippen molar-refractivity contribution in [1.29, 1.82) is 0 Å². The van der Waals surface area contributed by atoms with Gasteiger partial charge in [0, 0.05) is 5.56 Å². The van der Waals surface area contributed by atoms with Crippen LogP contribution >= 0.6 is 15.9 Å². The zero-order valence-corrected chi connectivity index (χ0v) is 10.3. The molecule has 4 nitrogen and oxygen atoms in total. The van der Waals surface area contributed by atoms with Gasteiger partial charge in [0.05, 0.1) is 0 Å². The van der Waals surface area contributed by atoms with Crippen LogP contribution in [0.3, 0.4) is 0 Å². The van der Waals surface area contributed by atoms with Crippen LogP contribution in [0.1, 0.15) is 0 Å². The number of pyridine rings is 1. The molecule has 0 amide bonds. The molecule has 0 unspecified atom stereocenters. The van der Waals surface area contributed by atoms with Crippen molar-refractivity contribution in [2.24, 2.45) is 0 Å². The normalized spacial score (nSPS) is 10.9. The molecule has 5 heteroatoms. The molecule has 0 spiro atoms. The summed E-state index contributed by atoms with van der Waals surface area (Å²) in [4.78, 5) is 4.41. The molecule has 3 rings (SSSR count). The zero-order chi connectivity index (χ0) is 11.8. The summed E-state index contributed by atoms with van der Waals surface area (Å²) in [7, 11) is 0. The Bertz CT molecular complexity index is 676. The summed E-state index contributed by atoms with van der Waals surface area (Å²) in [5, 5.41) is 13.6. The van der Waals surface area contributed by atoms with Crippen molar-refractivity contribution < 1.29 is 5.11 Å². The first-order valence-electron chi connectivity index (χ1n) is 5.05. The molecule has 17 heavy (non-hydrogen) atoms. The van der Waals surface area contributed by atoms with E-state index in [1.807, 2.05) is 18.2 Å². The predicted molar refractivity (Wildman–Crippen MR) is 67.8 cm³/mol. The molecule has 0 aliphatic rings. The van der Waals surface area contributed by atoms with Gasteiger partial charge in [0.2, 0.25) is 0 Å². The highest BCUT2D eigenvalue weighted by Gasteiger charge is 2.07. The highest BCUT2D eigenvalue weighted by molar-refractivity contribution is 9.10. The predicted octanol–water partition coefficient (Wildman–Crippen LogP) is 2.86. The van der Waals surface area contributed by atoms with Gasteiger partial charge in [-0.15, -0.1) is 5.10 Å². The van der Waals surface area contributed by atoms with Crippen LogP contribution in [-0.4, -0.2) is 19.7 Å². The van der Waals surface area contributed by atoms with Crippen molar-refractivity contribution in [3.8, 4) is 17.1 Å². The summed E-state index contributed by atoms with van der Waals surface area (Å²) in [5.74, 6) is 0.871. The molecule has 0 saturated heterocycles. The van der Waals surface area contributed by atoms with Crippen LogP contribution in [0.15, 0.2) is 47.1 Å². The van der Waals surface area contributed by atoms with Gasteiger partial charge < -0.3 is 5.11 Å². The van der Waals surface area contributed by atoms with E-state index in [2.05, 4.69) is 26.0 Å². The summed E-state index contributed by atoms with van der Waals surface area (Å²) < 4.78 is 2.58. The van der Waals surface area contributed by atoms with E-state index in [-0.39, 0.29) is 5.75 Å². The fourth-order valence-corrected chi connectivity index (χ4v) is 2.02. The minimum absolute atomic E-state index is 0.235. The first-order valence-corrected chi connectivity index (χ1v) is 5.84. The molecule has 0 bridgehead atoms. The maximum Gasteiger partial charge on any atom is 0.182 e. The second kappa shape index (κ2) is 3.85. The van der Waals surface area contributed by atoms with Crippen LogP contribution in [-0.2, 0) is 0 Å². The highest BCUT2D eigenvalue weighted by Crippen LogP contribution is 2.20. The third kappa shape index (κ3) is 1.78. The minimum Gasteiger partial charge on any atom is -0.508 e. The van der Waals surface area contributed by atoms with E-state index in [0.717, 1.165) is 15.8 Å². The zero-order valence-electron chi connectivity index (χ0n) is 8.71. The molecule has 1 N–H and O–H groups in total. The number of nitrogens with zero attached hydrogens (tertiary/aromatic N) is 3. The Balaban J connectivity index is 2.18. The number of aromatic nitrogens is 3. The third-order valence-electron chi connectivity index (χ3n) is 2.44. The lowest BCUT2D eigenvalue weighted by Crippen LogP contribution is -1.88. The van der Waals surface area contributed by atoms with Gasteiger partial charge in [0.1, 0.15) is 10.4 Å². The number of fused-ring (bicyclic) bond motifs is 1. The van der Waals surface area contributed by atoms with Crippen molar-refractivity contribution in [2.75, 3.05) is 0 Å². The molecule has 2 heterocycles. The van der Waals surface area contributed by atoms with Crippen LogP contribution in [0.4, 0.5) is 0 Å². The summed E-state index contributed by atoms with van der Waals surface area (Å²) in [5.41, 5.74) is 1.65. The molecule has 0 atom stereocenters. The number of aromatic hydroxyl groups is 1. The smallest absolute Gasteiger partial charge is 0.182 e. The molecular weight excluding hydrogens is 282 g/mol. The van der Waals surface area contributed by atoms with E-state index in [1.165, 1.54) is 0 Å². The molecule has 0 aliphatic heterocycles. The Morgan fingerprint density at radius 3 is 2.53 bits per heavy atom. The van der Waals surface area contributed by atoms with Gasteiger partial charge in [0.15, 0.2) is 11.5 Å². The van der Waals surface area contributed by atoms with Crippen LogP contribution in [0.25, 0.3) is 17.0 Å². The molecule has 0 fully saturated rings. The Kier molecular flexibility index (Phi) is 2.33.